The van der Waals surface area contributed by atoms with Crippen molar-refractivity contribution in [1.82, 2.24) is 0 Å². The van der Waals surface area contributed by atoms with E-state index in [1.54, 1.807) is 18.2 Å². The lowest BCUT2D eigenvalue weighted by molar-refractivity contribution is -0.384. The topological polar surface area (TPSA) is 55.2 Å². The summed E-state index contributed by atoms with van der Waals surface area (Å²) in [6.07, 6.45) is 0. The molecule has 1 unspecified atom stereocenters. The quantitative estimate of drug-likeness (QED) is 0.662. The number of para-hydroxylation sites is 2. The average Bonchev–Trinajstić information content (AvgIpc) is 2.39. The first-order valence-corrected chi connectivity index (χ1v) is 6.15. The van der Waals surface area contributed by atoms with E-state index in [2.05, 4.69) is 5.32 Å². The normalized spacial score (nSPS) is 11.9. The third-order valence-electron chi connectivity index (χ3n) is 3.13. The van der Waals surface area contributed by atoms with Crippen LogP contribution in [0.2, 0.25) is 0 Å². The first-order chi connectivity index (χ1) is 9.09. The number of benzene rings is 2. The van der Waals surface area contributed by atoms with Gasteiger partial charge >= 0.3 is 0 Å². The molecule has 0 aliphatic carbocycles. The number of rotatable bonds is 4. The zero-order valence-electron chi connectivity index (χ0n) is 11.0. The summed E-state index contributed by atoms with van der Waals surface area (Å²) in [5, 5.41) is 14.2. The van der Waals surface area contributed by atoms with Crippen LogP contribution < -0.4 is 5.32 Å². The molecule has 0 saturated carbocycles. The Hall–Kier alpha value is -2.36. The van der Waals surface area contributed by atoms with Crippen LogP contribution >= 0.6 is 0 Å². The summed E-state index contributed by atoms with van der Waals surface area (Å²) < 4.78 is 0. The molecule has 0 amide bonds. The number of nitro groups is 1. The highest BCUT2D eigenvalue weighted by Gasteiger charge is 2.15. The summed E-state index contributed by atoms with van der Waals surface area (Å²) in [7, 11) is 0. The van der Waals surface area contributed by atoms with Gasteiger partial charge in [0.2, 0.25) is 0 Å². The van der Waals surface area contributed by atoms with Crippen molar-refractivity contribution in [1.29, 1.82) is 0 Å². The van der Waals surface area contributed by atoms with Crippen molar-refractivity contribution < 1.29 is 4.92 Å². The van der Waals surface area contributed by atoms with E-state index >= 15 is 0 Å². The van der Waals surface area contributed by atoms with Gasteiger partial charge in [-0.25, -0.2) is 0 Å². The van der Waals surface area contributed by atoms with E-state index < -0.39 is 0 Å². The fourth-order valence-corrected chi connectivity index (χ4v) is 2.14. The van der Waals surface area contributed by atoms with Gasteiger partial charge in [-0.15, -0.1) is 0 Å². The molecule has 4 nitrogen and oxygen atoms in total. The van der Waals surface area contributed by atoms with E-state index in [1.807, 2.05) is 38.1 Å². The predicted octanol–water partition coefficient (Wildman–Crippen LogP) is 4.08. The van der Waals surface area contributed by atoms with Crippen LogP contribution in [0.5, 0.6) is 0 Å². The van der Waals surface area contributed by atoms with E-state index in [-0.39, 0.29) is 16.7 Å². The van der Waals surface area contributed by atoms with Gasteiger partial charge < -0.3 is 5.32 Å². The minimum absolute atomic E-state index is 0.0160. The summed E-state index contributed by atoms with van der Waals surface area (Å²) in [5.74, 6) is 0. The van der Waals surface area contributed by atoms with Crippen LogP contribution in [-0.2, 0) is 0 Å². The SMILES string of the molecule is Cc1ccccc1C(C)Nc1ccccc1[N+](=O)[O-]. The lowest BCUT2D eigenvalue weighted by Gasteiger charge is -2.17. The van der Waals surface area contributed by atoms with Gasteiger partial charge in [-0.2, -0.15) is 0 Å². The molecule has 0 saturated heterocycles. The van der Waals surface area contributed by atoms with Gasteiger partial charge in [0.15, 0.2) is 0 Å². The van der Waals surface area contributed by atoms with Crippen LogP contribution in [0.1, 0.15) is 24.1 Å². The molecule has 19 heavy (non-hydrogen) atoms. The molecule has 1 atom stereocenters. The van der Waals surface area contributed by atoms with Crippen LogP contribution in [0.25, 0.3) is 0 Å². The van der Waals surface area contributed by atoms with Crippen molar-refractivity contribution in [3.63, 3.8) is 0 Å². The van der Waals surface area contributed by atoms with E-state index in [0.717, 1.165) is 5.56 Å². The number of aryl methyl sites for hydroxylation is 1. The minimum atomic E-state index is -0.368. The lowest BCUT2D eigenvalue weighted by Crippen LogP contribution is -2.09. The fraction of sp³-hybridized carbons (Fsp3) is 0.200. The number of hydrogen-bond acceptors (Lipinski definition) is 3. The van der Waals surface area contributed by atoms with Gasteiger partial charge in [-0.1, -0.05) is 36.4 Å². The van der Waals surface area contributed by atoms with Crippen molar-refractivity contribution in [3.05, 3.63) is 69.8 Å². The van der Waals surface area contributed by atoms with Gasteiger partial charge in [0.1, 0.15) is 5.69 Å². The molecule has 0 aromatic heterocycles. The molecule has 0 radical (unpaired) electrons. The first-order valence-electron chi connectivity index (χ1n) is 6.15. The maximum atomic E-state index is 11.0. The Morgan fingerprint density at radius 3 is 2.42 bits per heavy atom. The second-order valence-electron chi connectivity index (χ2n) is 4.50. The highest BCUT2D eigenvalue weighted by molar-refractivity contribution is 5.62. The van der Waals surface area contributed by atoms with E-state index in [4.69, 9.17) is 0 Å². The van der Waals surface area contributed by atoms with E-state index in [9.17, 15) is 10.1 Å². The fourth-order valence-electron chi connectivity index (χ4n) is 2.14. The van der Waals surface area contributed by atoms with Gasteiger partial charge in [-0.05, 0) is 31.0 Å². The van der Waals surface area contributed by atoms with Crippen LogP contribution in [0.4, 0.5) is 11.4 Å². The average molecular weight is 256 g/mol. The Labute approximate surface area is 112 Å². The predicted molar refractivity (Wildman–Crippen MR) is 76.3 cm³/mol. The Balaban J connectivity index is 2.27. The van der Waals surface area contributed by atoms with E-state index in [1.165, 1.54) is 11.6 Å². The standard InChI is InChI=1S/C15H16N2O2/c1-11-7-3-4-8-13(11)12(2)16-14-9-5-6-10-15(14)17(18)19/h3-10,12,16H,1-2H3. The third kappa shape index (κ3) is 2.91. The minimum Gasteiger partial charge on any atom is -0.373 e. The molecule has 0 fully saturated rings. The smallest absolute Gasteiger partial charge is 0.292 e. The summed E-state index contributed by atoms with van der Waals surface area (Å²) in [6, 6.07) is 14.7. The van der Waals surface area contributed by atoms with Gasteiger partial charge in [-0.3, -0.25) is 10.1 Å². The zero-order valence-corrected chi connectivity index (χ0v) is 11.0. The Morgan fingerprint density at radius 1 is 1.11 bits per heavy atom. The van der Waals surface area contributed by atoms with Crippen molar-refractivity contribution in [2.45, 2.75) is 19.9 Å². The van der Waals surface area contributed by atoms with Crippen LogP contribution in [0.3, 0.4) is 0 Å². The molecule has 0 bridgehead atoms. The van der Waals surface area contributed by atoms with Crippen molar-refractivity contribution >= 4 is 11.4 Å². The summed E-state index contributed by atoms with van der Waals surface area (Å²) in [4.78, 5) is 10.6. The molecule has 4 heteroatoms. The van der Waals surface area contributed by atoms with Crippen LogP contribution in [-0.4, -0.2) is 4.92 Å². The van der Waals surface area contributed by atoms with Crippen molar-refractivity contribution in [2.24, 2.45) is 0 Å². The molecule has 98 valence electrons. The number of nitro benzene ring substituents is 1. The number of hydrogen-bond donors (Lipinski definition) is 1. The lowest BCUT2D eigenvalue weighted by atomic mass is 10.0. The summed E-state index contributed by atoms with van der Waals surface area (Å²) in [5.41, 5.74) is 2.95. The number of nitrogens with one attached hydrogen (secondary N) is 1. The highest BCUT2D eigenvalue weighted by Crippen LogP contribution is 2.28. The number of anilines is 1. The molecule has 2 rings (SSSR count). The highest BCUT2D eigenvalue weighted by atomic mass is 16.6. The monoisotopic (exact) mass is 256 g/mol. The molecule has 2 aromatic rings. The van der Waals surface area contributed by atoms with E-state index in [0.29, 0.717) is 5.69 Å². The van der Waals surface area contributed by atoms with Gasteiger partial charge in [0, 0.05) is 12.1 Å². The van der Waals surface area contributed by atoms with Crippen molar-refractivity contribution in [2.75, 3.05) is 5.32 Å². The Morgan fingerprint density at radius 2 is 1.74 bits per heavy atom. The second kappa shape index (κ2) is 5.52. The Kier molecular flexibility index (Phi) is 3.80. The summed E-state index contributed by atoms with van der Waals surface area (Å²) >= 11 is 0. The molecule has 0 heterocycles. The first kappa shape index (κ1) is 13.1. The Bertz CT molecular complexity index is 596. The molecule has 2 aromatic carbocycles. The van der Waals surface area contributed by atoms with Gasteiger partial charge in [0.25, 0.3) is 5.69 Å². The number of nitrogens with zero attached hydrogens (tertiary/aromatic N) is 1. The maximum absolute atomic E-state index is 11.0. The van der Waals surface area contributed by atoms with Crippen molar-refractivity contribution in [3.8, 4) is 0 Å². The third-order valence-corrected chi connectivity index (χ3v) is 3.13. The van der Waals surface area contributed by atoms with Crippen LogP contribution in [0, 0.1) is 17.0 Å². The maximum Gasteiger partial charge on any atom is 0.292 e. The molecule has 0 aliphatic rings. The molecule has 0 spiro atoms. The van der Waals surface area contributed by atoms with Crippen LogP contribution in [0.15, 0.2) is 48.5 Å². The van der Waals surface area contributed by atoms with Gasteiger partial charge in [0.05, 0.1) is 4.92 Å². The summed E-state index contributed by atoms with van der Waals surface area (Å²) in [6.45, 7) is 4.03. The largest absolute Gasteiger partial charge is 0.373 e. The zero-order chi connectivity index (χ0) is 13.8. The molecule has 1 N–H and O–H groups in total. The molecular weight excluding hydrogens is 240 g/mol. The molecular formula is C15H16N2O2. The second-order valence-corrected chi connectivity index (χ2v) is 4.50. The molecule has 0 aliphatic heterocycles.